The van der Waals surface area contributed by atoms with E-state index in [1.165, 1.54) is 38.8 Å². The van der Waals surface area contributed by atoms with Crippen LogP contribution in [-0.2, 0) is 17.6 Å². The van der Waals surface area contributed by atoms with Gasteiger partial charge in [0.2, 0.25) is 5.91 Å². The first-order valence-corrected chi connectivity index (χ1v) is 9.95. The van der Waals surface area contributed by atoms with E-state index in [2.05, 4.69) is 17.0 Å². The van der Waals surface area contributed by atoms with Gasteiger partial charge in [-0.1, -0.05) is 6.92 Å². The molecule has 1 atom stereocenters. The highest BCUT2D eigenvalue weighted by atomic mass is 32.1. The smallest absolute Gasteiger partial charge is 0.406 e. The molecule has 2 aromatic rings. The third-order valence-corrected chi connectivity index (χ3v) is 5.86. The van der Waals surface area contributed by atoms with Crippen LogP contribution in [0.3, 0.4) is 0 Å². The number of hydrogen-bond acceptors (Lipinski definition) is 4. The lowest BCUT2D eigenvalue weighted by Gasteiger charge is -2.16. The van der Waals surface area contributed by atoms with Crippen molar-refractivity contribution in [2.45, 2.75) is 32.5 Å². The summed E-state index contributed by atoms with van der Waals surface area (Å²) in [7, 11) is 1.55. The van der Waals surface area contributed by atoms with E-state index in [4.69, 9.17) is 0 Å². The molecular formula is C20H21F3N2O3S. The maximum atomic E-state index is 12.6. The Morgan fingerprint density at radius 2 is 1.97 bits per heavy atom. The predicted molar refractivity (Wildman–Crippen MR) is 104 cm³/mol. The van der Waals surface area contributed by atoms with E-state index in [1.807, 2.05) is 6.07 Å². The van der Waals surface area contributed by atoms with Gasteiger partial charge >= 0.3 is 6.36 Å². The molecule has 1 aromatic carbocycles. The van der Waals surface area contributed by atoms with E-state index < -0.39 is 12.3 Å². The number of hydrogen-bond donors (Lipinski definition) is 1. The van der Waals surface area contributed by atoms with Crippen molar-refractivity contribution in [1.29, 1.82) is 0 Å². The summed E-state index contributed by atoms with van der Waals surface area (Å²) in [5.41, 5.74) is 1.53. The molecule has 29 heavy (non-hydrogen) atoms. The van der Waals surface area contributed by atoms with Crippen LogP contribution in [0.15, 0.2) is 30.3 Å². The van der Waals surface area contributed by atoms with Crippen LogP contribution in [0.2, 0.25) is 0 Å². The summed E-state index contributed by atoms with van der Waals surface area (Å²) in [6.45, 7) is 2.03. The molecule has 3 rings (SSSR count). The number of fused-ring (bicyclic) bond motifs is 1. The second kappa shape index (κ2) is 8.44. The Labute approximate surface area is 170 Å². The van der Waals surface area contributed by atoms with Gasteiger partial charge in [-0.2, -0.15) is 0 Å². The standard InChI is InChI=1S/C20H21F3N2O3S/c1-12-3-8-16-13(9-12)10-17(29-16)19(27)25(2)11-18(26)24-14-4-6-15(7-5-14)28-20(21,22)23/h4-7,10,12H,3,8-9,11H2,1-2H3,(H,24,26). The maximum absolute atomic E-state index is 12.6. The minimum absolute atomic E-state index is 0.168. The molecular weight excluding hydrogens is 405 g/mol. The number of ether oxygens (including phenoxy) is 1. The van der Waals surface area contributed by atoms with Crippen molar-refractivity contribution < 1.29 is 27.5 Å². The number of anilines is 1. The van der Waals surface area contributed by atoms with E-state index >= 15 is 0 Å². The highest BCUT2D eigenvalue weighted by Crippen LogP contribution is 2.32. The lowest BCUT2D eigenvalue weighted by Crippen LogP contribution is -2.34. The second-order valence-electron chi connectivity index (χ2n) is 7.19. The van der Waals surface area contributed by atoms with Crippen LogP contribution in [0.5, 0.6) is 5.75 Å². The lowest BCUT2D eigenvalue weighted by atomic mass is 9.90. The van der Waals surface area contributed by atoms with Crippen molar-refractivity contribution in [1.82, 2.24) is 4.90 Å². The van der Waals surface area contributed by atoms with Crippen LogP contribution < -0.4 is 10.1 Å². The summed E-state index contributed by atoms with van der Waals surface area (Å²) in [6.07, 6.45) is -1.71. The molecule has 1 aliphatic carbocycles. The van der Waals surface area contributed by atoms with Gasteiger partial charge < -0.3 is 15.0 Å². The molecule has 1 heterocycles. The van der Waals surface area contributed by atoms with Crippen molar-refractivity contribution in [2.24, 2.45) is 5.92 Å². The summed E-state index contributed by atoms with van der Waals surface area (Å²) in [5.74, 6) is -0.434. The summed E-state index contributed by atoms with van der Waals surface area (Å²) < 4.78 is 40.3. The number of halogens is 3. The van der Waals surface area contributed by atoms with Crippen LogP contribution in [0.4, 0.5) is 18.9 Å². The minimum atomic E-state index is -4.77. The quantitative estimate of drug-likeness (QED) is 0.767. The molecule has 156 valence electrons. The van der Waals surface area contributed by atoms with Crippen LogP contribution in [0, 0.1) is 5.92 Å². The molecule has 0 spiro atoms. The van der Waals surface area contributed by atoms with E-state index in [-0.39, 0.29) is 18.2 Å². The van der Waals surface area contributed by atoms with Gasteiger partial charge in [0.25, 0.3) is 5.91 Å². The van der Waals surface area contributed by atoms with Crippen LogP contribution >= 0.6 is 11.3 Å². The number of alkyl halides is 3. The molecule has 0 fully saturated rings. The fourth-order valence-electron chi connectivity index (χ4n) is 3.23. The second-order valence-corrected chi connectivity index (χ2v) is 8.33. The molecule has 0 radical (unpaired) electrons. The minimum Gasteiger partial charge on any atom is -0.406 e. The van der Waals surface area contributed by atoms with Gasteiger partial charge in [0.05, 0.1) is 11.4 Å². The summed E-state index contributed by atoms with van der Waals surface area (Å²) >= 11 is 1.48. The van der Waals surface area contributed by atoms with E-state index in [0.29, 0.717) is 16.5 Å². The fraction of sp³-hybridized carbons (Fsp3) is 0.400. The zero-order chi connectivity index (χ0) is 21.2. The number of nitrogens with zero attached hydrogens (tertiary/aromatic N) is 1. The number of thiophene rings is 1. The number of rotatable bonds is 5. The molecule has 5 nitrogen and oxygen atoms in total. The molecule has 9 heteroatoms. The van der Waals surface area contributed by atoms with Crippen molar-refractivity contribution in [2.75, 3.05) is 18.9 Å². The Hall–Kier alpha value is -2.55. The molecule has 1 aromatic heterocycles. The van der Waals surface area contributed by atoms with Crippen LogP contribution in [0.1, 0.15) is 33.5 Å². The molecule has 0 bridgehead atoms. The third kappa shape index (κ3) is 5.72. The van der Waals surface area contributed by atoms with Gasteiger partial charge in [-0.05, 0) is 61.1 Å². The summed E-state index contributed by atoms with van der Waals surface area (Å²) in [6, 6.07) is 6.74. The van der Waals surface area contributed by atoms with Gasteiger partial charge in [0.1, 0.15) is 5.75 Å². The monoisotopic (exact) mass is 426 g/mol. The van der Waals surface area contributed by atoms with Crippen molar-refractivity contribution in [3.05, 3.63) is 45.6 Å². The zero-order valence-corrected chi connectivity index (χ0v) is 16.8. The molecule has 1 aliphatic rings. The Morgan fingerprint density at radius 1 is 1.28 bits per heavy atom. The van der Waals surface area contributed by atoms with Gasteiger partial charge in [0, 0.05) is 17.6 Å². The number of amides is 2. The molecule has 1 N–H and O–H groups in total. The number of nitrogens with one attached hydrogen (secondary N) is 1. The Bertz CT molecular complexity index is 893. The van der Waals surface area contributed by atoms with Crippen LogP contribution in [0.25, 0.3) is 0 Å². The fourth-order valence-corrected chi connectivity index (χ4v) is 4.43. The Kier molecular flexibility index (Phi) is 6.16. The number of carbonyl (C=O) groups is 2. The number of benzene rings is 1. The molecule has 2 amide bonds. The summed E-state index contributed by atoms with van der Waals surface area (Å²) in [5, 5.41) is 2.56. The van der Waals surface area contributed by atoms with Crippen molar-refractivity contribution in [3.8, 4) is 5.75 Å². The average Bonchev–Trinajstić information content (AvgIpc) is 3.04. The zero-order valence-electron chi connectivity index (χ0n) is 16.0. The Morgan fingerprint density at radius 3 is 2.62 bits per heavy atom. The topological polar surface area (TPSA) is 58.6 Å². The van der Waals surface area contributed by atoms with E-state index in [1.54, 1.807) is 7.05 Å². The molecule has 0 saturated heterocycles. The van der Waals surface area contributed by atoms with Crippen molar-refractivity contribution >= 4 is 28.8 Å². The van der Waals surface area contributed by atoms with Gasteiger partial charge in [-0.15, -0.1) is 24.5 Å². The highest BCUT2D eigenvalue weighted by molar-refractivity contribution is 7.14. The SMILES string of the molecule is CC1CCc2sc(C(=O)N(C)CC(=O)Nc3ccc(OC(F)(F)F)cc3)cc2C1. The number of likely N-dealkylation sites (N-methyl/N-ethyl adjacent to an activating group) is 1. The van der Waals surface area contributed by atoms with E-state index in [9.17, 15) is 22.8 Å². The van der Waals surface area contributed by atoms with Crippen LogP contribution in [-0.4, -0.2) is 36.7 Å². The van der Waals surface area contributed by atoms with Gasteiger partial charge in [-0.3, -0.25) is 9.59 Å². The Balaban J connectivity index is 1.55. The molecule has 1 unspecified atom stereocenters. The first-order chi connectivity index (χ1) is 13.6. The third-order valence-electron chi connectivity index (χ3n) is 4.64. The largest absolute Gasteiger partial charge is 0.573 e. The number of carbonyl (C=O) groups excluding carboxylic acids is 2. The predicted octanol–water partition coefficient (Wildman–Crippen LogP) is 4.48. The van der Waals surface area contributed by atoms with Crippen molar-refractivity contribution in [3.63, 3.8) is 0 Å². The molecule has 0 aliphatic heterocycles. The number of aryl methyl sites for hydroxylation is 1. The van der Waals surface area contributed by atoms with E-state index in [0.717, 1.165) is 31.4 Å². The highest BCUT2D eigenvalue weighted by Gasteiger charge is 2.31. The first kappa shape index (κ1) is 21.2. The summed E-state index contributed by atoms with van der Waals surface area (Å²) in [4.78, 5) is 28.0. The average molecular weight is 426 g/mol. The lowest BCUT2D eigenvalue weighted by molar-refractivity contribution is -0.274. The first-order valence-electron chi connectivity index (χ1n) is 9.13. The normalized spacial score (nSPS) is 16.1. The molecule has 0 saturated carbocycles. The van der Waals surface area contributed by atoms with Gasteiger partial charge in [0.15, 0.2) is 0 Å². The van der Waals surface area contributed by atoms with Gasteiger partial charge in [-0.25, -0.2) is 0 Å². The maximum Gasteiger partial charge on any atom is 0.573 e.